The maximum Gasteiger partial charge on any atom is 0.302 e. The molecule has 0 amide bonds. The summed E-state index contributed by atoms with van der Waals surface area (Å²) in [6.07, 6.45) is 8.84. The quantitative estimate of drug-likeness (QED) is 0.488. The molecule has 4 heteroatoms. The van der Waals surface area contributed by atoms with E-state index in [0.29, 0.717) is 23.9 Å². The predicted molar refractivity (Wildman–Crippen MR) is 103 cm³/mol. The molecule has 0 aromatic carbocycles. The predicted octanol–water partition coefficient (Wildman–Crippen LogP) is 5.06. The Morgan fingerprint density at radius 2 is 1.88 bits per heavy atom. The largest absolute Gasteiger partial charge is 0.463 e. The molecule has 1 saturated carbocycles. The third-order valence-corrected chi connectivity index (χ3v) is 6.81. The van der Waals surface area contributed by atoms with E-state index in [1.54, 1.807) is 0 Å². The third kappa shape index (κ3) is 4.69. The van der Waals surface area contributed by atoms with Crippen LogP contribution in [-0.4, -0.2) is 24.6 Å². The first kappa shape index (κ1) is 21.0. The van der Waals surface area contributed by atoms with E-state index in [1.807, 2.05) is 6.92 Å². The van der Waals surface area contributed by atoms with Crippen LogP contribution >= 0.6 is 0 Å². The summed E-state index contributed by atoms with van der Waals surface area (Å²) in [6.45, 7) is 12.5. The van der Waals surface area contributed by atoms with E-state index in [1.165, 1.54) is 38.7 Å². The van der Waals surface area contributed by atoms with Gasteiger partial charge in [-0.1, -0.05) is 33.3 Å². The number of carbonyl (C=O) groups excluding carboxylic acids is 2. The van der Waals surface area contributed by atoms with Gasteiger partial charge in [-0.15, -0.1) is 0 Å². The number of esters is 2. The summed E-state index contributed by atoms with van der Waals surface area (Å²) in [4.78, 5) is 22.6. The number of hydrogen-bond acceptors (Lipinski definition) is 4. The van der Waals surface area contributed by atoms with Gasteiger partial charge in [0, 0.05) is 13.8 Å². The molecule has 1 unspecified atom stereocenters. The van der Waals surface area contributed by atoms with Crippen LogP contribution in [0.25, 0.3) is 0 Å². The summed E-state index contributed by atoms with van der Waals surface area (Å²) >= 11 is 0. The van der Waals surface area contributed by atoms with Crippen LogP contribution in [0, 0.1) is 22.7 Å². The minimum Gasteiger partial charge on any atom is -0.463 e. The van der Waals surface area contributed by atoms with Crippen LogP contribution in [0.5, 0.6) is 0 Å². The Labute approximate surface area is 158 Å². The van der Waals surface area contributed by atoms with Crippen molar-refractivity contribution in [1.29, 1.82) is 0 Å². The molecule has 2 aliphatic rings. The van der Waals surface area contributed by atoms with Gasteiger partial charge >= 0.3 is 11.9 Å². The second kappa shape index (κ2) is 8.14. The minimum absolute atomic E-state index is 0.0805. The first-order valence-electron chi connectivity index (χ1n) is 10.1. The number of fused-ring (bicyclic) bond motifs is 1. The second-order valence-electron chi connectivity index (χ2n) is 9.25. The maximum absolute atomic E-state index is 11.3. The van der Waals surface area contributed by atoms with Crippen molar-refractivity contribution in [3.05, 3.63) is 11.6 Å². The van der Waals surface area contributed by atoms with Crippen molar-refractivity contribution in [2.24, 2.45) is 22.7 Å². The Kier molecular flexibility index (Phi) is 6.57. The Morgan fingerprint density at radius 3 is 2.50 bits per heavy atom. The molecule has 0 radical (unpaired) electrons. The van der Waals surface area contributed by atoms with E-state index in [9.17, 15) is 9.59 Å². The molecule has 26 heavy (non-hydrogen) atoms. The van der Waals surface area contributed by atoms with Gasteiger partial charge < -0.3 is 9.47 Å². The van der Waals surface area contributed by atoms with E-state index in [2.05, 4.69) is 26.8 Å². The molecule has 0 aliphatic heterocycles. The maximum atomic E-state index is 11.3. The minimum atomic E-state index is -0.228. The molecule has 2 aliphatic carbocycles. The highest BCUT2D eigenvalue weighted by Crippen LogP contribution is 2.60. The zero-order chi connectivity index (χ0) is 19.5. The third-order valence-electron chi connectivity index (χ3n) is 6.81. The van der Waals surface area contributed by atoms with Gasteiger partial charge in [0.25, 0.3) is 0 Å². The summed E-state index contributed by atoms with van der Waals surface area (Å²) in [5.41, 5.74) is 1.80. The fraction of sp³-hybridized carbons (Fsp3) is 0.818. The van der Waals surface area contributed by atoms with Crippen molar-refractivity contribution in [1.82, 2.24) is 0 Å². The fourth-order valence-electron chi connectivity index (χ4n) is 5.61. The molecule has 0 heterocycles. The van der Waals surface area contributed by atoms with Gasteiger partial charge in [0.05, 0.1) is 6.10 Å². The molecule has 0 bridgehead atoms. The van der Waals surface area contributed by atoms with Crippen LogP contribution in [0.1, 0.15) is 80.1 Å². The molecule has 0 saturated heterocycles. The van der Waals surface area contributed by atoms with E-state index < -0.39 is 0 Å². The Bertz CT molecular complexity index is 562. The first-order valence-corrected chi connectivity index (χ1v) is 10.1. The Balaban J connectivity index is 2.22. The zero-order valence-corrected chi connectivity index (χ0v) is 17.4. The summed E-state index contributed by atoms with van der Waals surface area (Å²) < 4.78 is 10.7. The smallest absolute Gasteiger partial charge is 0.302 e. The van der Waals surface area contributed by atoms with E-state index >= 15 is 0 Å². The van der Waals surface area contributed by atoms with Gasteiger partial charge in [-0.25, -0.2) is 0 Å². The van der Waals surface area contributed by atoms with Crippen LogP contribution in [0.2, 0.25) is 0 Å². The zero-order valence-electron chi connectivity index (χ0n) is 17.4. The molecule has 148 valence electrons. The average molecular weight is 365 g/mol. The number of carbonyl (C=O) groups is 2. The highest BCUT2D eigenvalue weighted by atomic mass is 16.5. The summed E-state index contributed by atoms with van der Waals surface area (Å²) in [6, 6.07) is 0. The molecule has 2 rings (SSSR count). The molecule has 0 aromatic rings. The molecule has 4 nitrogen and oxygen atoms in total. The number of hydrogen-bond donors (Lipinski definition) is 0. The van der Waals surface area contributed by atoms with Crippen LogP contribution in [0.4, 0.5) is 0 Å². The van der Waals surface area contributed by atoms with E-state index in [4.69, 9.17) is 9.47 Å². The Morgan fingerprint density at radius 1 is 1.19 bits per heavy atom. The van der Waals surface area contributed by atoms with Crippen molar-refractivity contribution in [3.8, 4) is 0 Å². The van der Waals surface area contributed by atoms with Crippen LogP contribution in [0.3, 0.4) is 0 Å². The van der Waals surface area contributed by atoms with Gasteiger partial charge in [-0.2, -0.15) is 0 Å². The molecule has 0 aromatic heterocycles. The molecular weight excluding hydrogens is 328 g/mol. The van der Waals surface area contributed by atoms with Gasteiger partial charge in [-0.3, -0.25) is 9.59 Å². The molecule has 0 spiro atoms. The molecule has 1 fully saturated rings. The second-order valence-corrected chi connectivity index (χ2v) is 9.25. The van der Waals surface area contributed by atoms with Gasteiger partial charge in [0.1, 0.15) is 6.61 Å². The Hall–Kier alpha value is -1.32. The van der Waals surface area contributed by atoms with Crippen molar-refractivity contribution in [3.63, 3.8) is 0 Å². The lowest BCUT2D eigenvalue weighted by molar-refractivity contribution is -0.146. The van der Waals surface area contributed by atoms with Crippen molar-refractivity contribution in [2.45, 2.75) is 86.2 Å². The number of ether oxygens (including phenoxy) is 2. The van der Waals surface area contributed by atoms with E-state index in [-0.39, 0.29) is 23.5 Å². The normalized spacial score (nSPS) is 31.4. The summed E-state index contributed by atoms with van der Waals surface area (Å²) in [5, 5.41) is 0. The SMILES string of the molecule is CC(=O)OCC1=CC[C@H]2C(C)(C)CCC[C@]2(C)[C@H]1CCC(C)OC(C)=O. The van der Waals surface area contributed by atoms with Gasteiger partial charge in [-0.05, 0) is 67.3 Å². The first-order chi connectivity index (χ1) is 12.1. The standard InChI is InChI=1S/C22H36O4/c1-15(26-17(3)24)8-10-19-18(14-25-16(2)23)9-11-20-21(4,5)12-7-13-22(19,20)6/h9,15,19-20H,7-8,10-14H2,1-6H3/t15?,19-,20-,22+/m0/s1. The number of rotatable bonds is 6. The topological polar surface area (TPSA) is 52.6 Å². The monoisotopic (exact) mass is 364 g/mol. The van der Waals surface area contributed by atoms with Crippen LogP contribution in [-0.2, 0) is 19.1 Å². The van der Waals surface area contributed by atoms with Crippen LogP contribution < -0.4 is 0 Å². The lowest BCUT2D eigenvalue weighted by Crippen LogP contribution is -2.49. The molecular formula is C22H36O4. The van der Waals surface area contributed by atoms with Gasteiger partial charge in [0.15, 0.2) is 0 Å². The van der Waals surface area contributed by atoms with Crippen molar-refractivity contribution >= 4 is 11.9 Å². The van der Waals surface area contributed by atoms with Crippen molar-refractivity contribution in [2.75, 3.05) is 6.61 Å². The van der Waals surface area contributed by atoms with Gasteiger partial charge in [0.2, 0.25) is 0 Å². The van der Waals surface area contributed by atoms with E-state index in [0.717, 1.165) is 19.3 Å². The molecule has 0 N–H and O–H groups in total. The summed E-state index contributed by atoms with van der Waals surface area (Å²) in [5.74, 6) is 0.561. The molecule has 4 atom stereocenters. The fourth-order valence-corrected chi connectivity index (χ4v) is 5.61. The van der Waals surface area contributed by atoms with Crippen LogP contribution in [0.15, 0.2) is 11.6 Å². The summed E-state index contributed by atoms with van der Waals surface area (Å²) in [7, 11) is 0. The lowest BCUT2D eigenvalue weighted by Gasteiger charge is -2.57. The highest BCUT2D eigenvalue weighted by Gasteiger charge is 2.52. The average Bonchev–Trinajstić information content (AvgIpc) is 2.49. The van der Waals surface area contributed by atoms with Crippen molar-refractivity contribution < 1.29 is 19.1 Å². The lowest BCUT2D eigenvalue weighted by atomic mass is 9.48. The number of allylic oxidation sites excluding steroid dienone is 1. The highest BCUT2D eigenvalue weighted by molar-refractivity contribution is 5.66.